The zero-order valence-corrected chi connectivity index (χ0v) is 18.6. The van der Waals surface area contributed by atoms with Gasteiger partial charge in [0.2, 0.25) is 6.79 Å². The molecule has 9 nitrogen and oxygen atoms in total. The Balaban J connectivity index is 1.17. The summed E-state index contributed by atoms with van der Waals surface area (Å²) in [6.07, 6.45) is 0. The molecule has 0 radical (unpaired) electrons. The molecule has 9 heteroatoms. The van der Waals surface area contributed by atoms with Crippen LogP contribution < -0.4 is 19.7 Å². The Morgan fingerprint density at radius 3 is 2.29 bits per heavy atom. The minimum Gasteiger partial charge on any atom is -0.454 e. The number of nitrogens with one attached hydrogen (secondary N) is 1. The minimum absolute atomic E-state index is 0.161. The molecular weight excluding hydrogens is 452 g/mol. The maximum atomic E-state index is 12.6. The molecule has 0 fully saturated rings. The van der Waals surface area contributed by atoms with E-state index in [9.17, 15) is 19.2 Å². The number of hydrogen-bond acceptors (Lipinski definition) is 7. The maximum absolute atomic E-state index is 12.6. The molecule has 2 aliphatic heterocycles. The first kappa shape index (κ1) is 22.1. The van der Waals surface area contributed by atoms with E-state index in [4.69, 9.17) is 14.2 Å². The first-order valence-electron chi connectivity index (χ1n) is 10.9. The highest BCUT2D eigenvalue weighted by Crippen LogP contribution is 2.34. The number of fused-ring (bicyclic) bond motifs is 2. The summed E-state index contributed by atoms with van der Waals surface area (Å²) < 4.78 is 15.7. The van der Waals surface area contributed by atoms with Crippen molar-refractivity contribution in [3.8, 4) is 11.5 Å². The number of benzene rings is 3. The average molecular weight is 472 g/mol. The smallest absolute Gasteiger partial charge is 0.338 e. The van der Waals surface area contributed by atoms with Crippen molar-refractivity contribution >= 4 is 29.4 Å². The van der Waals surface area contributed by atoms with Gasteiger partial charge in [-0.05, 0) is 61.0 Å². The molecule has 3 amide bonds. The lowest BCUT2D eigenvalue weighted by molar-refractivity contribution is -0.124. The van der Waals surface area contributed by atoms with Crippen LogP contribution in [-0.2, 0) is 9.53 Å². The molecule has 2 aliphatic rings. The largest absolute Gasteiger partial charge is 0.454 e. The van der Waals surface area contributed by atoms with Gasteiger partial charge in [-0.3, -0.25) is 14.4 Å². The van der Waals surface area contributed by atoms with E-state index >= 15 is 0 Å². The van der Waals surface area contributed by atoms with Crippen LogP contribution in [0, 0.1) is 0 Å². The van der Waals surface area contributed by atoms with Gasteiger partial charge in [0.25, 0.3) is 17.7 Å². The number of amides is 3. The van der Waals surface area contributed by atoms with Gasteiger partial charge in [-0.25, -0.2) is 9.69 Å². The SMILES string of the molecule is CC(NC(=O)COC(=O)c1ccc(N2C(=O)c3ccccc3C2=O)cc1)c1ccc2c(c1)OCO2. The van der Waals surface area contributed by atoms with Crippen molar-refractivity contribution in [2.75, 3.05) is 18.3 Å². The molecule has 5 rings (SSSR count). The summed E-state index contributed by atoms with van der Waals surface area (Å²) in [4.78, 5) is 50.9. The zero-order valence-electron chi connectivity index (χ0n) is 18.6. The third kappa shape index (κ3) is 4.19. The molecule has 0 aliphatic carbocycles. The minimum atomic E-state index is -0.704. The topological polar surface area (TPSA) is 111 Å². The second kappa shape index (κ2) is 8.94. The van der Waals surface area contributed by atoms with Gasteiger partial charge in [0.1, 0.15) is 0 Å². The number of ether oxygens (including phenoxy) is 3. The number of esters is 1. The molecular formula is C26H20N2O7. The van der Waals surface area contributed by atoms with Crippen LogP contribution in [0.25, 0.3) is 0 Å². The van der Waals surface area contributed by atoms with E-state index in [1.165, 1.54) is 24.3 Å². The Kier molecular flexibility index (Phi) is 5.66. The molecule has 1 N–H and O–H groups in total. The van der Waals surface area contributed by atoms with Crippen LogP contribution >= 0.6 is 0 Å². The summed E-state index contributed by atoms with van der Waals surface area (Å²) in [5.74, 6) is -0.755. The summed E-state index contributed by atoms with van der Waals surface area (Å²) >= 11 is 0. The van der Waals surface area contributed by atoms with Crippen molar-refractivity contribution in [2.24, 2.45) is 0 Å². The van der Waals surface area contributed by atoms with Gasteiger partial charge in [0.05, 0.1) is 28.4 Å². The number of rotatable bonds is 6. The fraction of sp³-hybridized carbons (Fsp3) is 0.154. The van der Waals surface area contributed by atoms with Crippen molar-refractivity contribution in [2.45, 2.75) is 13.0 Å². The summed E-state index contributed by atoms with van der Waals surface area (Å²) in [5, 5.41) is 2.76. The lowest BCUT2D eigenvalue weighted by Gasteiger charge is -2.15. The van der Waals surface area contributed by atoms with E-state index in [1.54, 1.807) is 43.3 Å². The lowest BCUT2D eigenvalue weighted by Crippen LogP contribution is -2.31. The highest BCUT2D eigenvalue weighted by molar-refractivity contribution is 6.34. The van der Waals surface area contributed by atoms with E-state index in [-0.39, 0.29) is 18.4 Å². The standard InChI is InChI=1S/C26H20N2O7/c1-15(17-8-11-21-22(12-17)35-14-34-21)27-23(29)13-33-26(32)16-6-9-18(10-7-16)28-24(30)19-4-2-3-5-20(19)25(28)31/h2-12,15H,13-14H2,1H3,(H,27,29). The van der Waals surface area contributed by atoms with Crippen molar-refractivity contribution in [3.63, 3.8) is 0 Å². The quantitative estimate of drug-likeness (QED) is 0.433. The van der Waals surface area contributed by atoms with Crippen LogP contribution in [0.4, 0.5) is 5.69 Å². The molecule has 0 bridgehead atoms. The number of nitrogens with zero attached hydrogens (tertiary/aromatic N) is 1. The number of imide groups is 1. The molecule has 0 saturated carbocycles. The van der Waals surface area contributed by atoms with Gasteiger partial charge in [-0.15, -0.1) is 0 Å². The Bertz CT molecular complexity index is 1320. The highest BCUT2D eigenvalue weighted by atomic mass is 16.7. The Hall–Kier alpha value is -4.66. The van der Waals surface area contributed by atoms with Gasteiger partial charge >= 0.3 is 5.97 Å². The summed E-state index contributed by atoms with van der Waals surface area (Å²) in [6, 6.07) is 17.5. The predicted octanol–water partition coefficient (Wildman–Crippen LogP) is 3.25. The third-order valence-corrected chi connectivity index (χ3v) is 5.76. The van der Waals surface area contributed by atoms with Gasteiger partial charge in [-0.1, -0.05) is 18.2 Å². The molecule has 0 saturated heterocycles. The van der Waals surface area contributed by atoms with E-state index in [0.717, 1.165) is 10.5 Å². The van der Waals surface area contributed by atoms with Crippen LogP contribution in [0.3, 0.4) is 0 Å². The number of carbonyl (C=O) groups excluding carboxylic acids is 4. The maximum Gasteiger partial charge on any atom is 0.338 e. The summed E-state index contributed by atoms with van der Waals surface area (Å²) in [7, 11) is 0. The summed E-state index contributed by atoms with van der Waals surface area (Å²) in [6.45, 7) is 1.50. The van der Waals surface area contributed by atoms with Crippen LogP contribution in [-0.4, -0.2) is 37.1 Å². The predicted molar refractivity (Wildman–Crippen MR) is 123 cm³/mol. The first-order valence-corrected chi connectivity index (χ1v) is 10.9. The molecule has 176 valence electrons. The fourth-order valence-electron chi connectivity index (χ4n) is 3.93. The Morgan fingerprint density at radius 2 is 1.60 bits per heavy atom. The van der Waals surface area contributed by atoms with E-state index in [1.807, 2.05) is 6.07 Å². The molecule has 3 aromatic carbocycles. The second-order valence-electron chi connectivity index (χ2n) is 8.02. The van der Waals surface area contributed by atoms with Crippen molar-refractivity contribution < 1.29 is 33.4 Å². The summed E-state index contributed by atoms with van der Waals surface area (Å²) in [5.41, 5.74) is 2.01. The fourth-order valence-corrected chi connectivity index (χ4v) is 3.93. The van der Waals surface area contributed by atoms with Gasteiger partial charge in [-0.2, -0.15) is 0 Å². The zero-order chi connectivity index (χ0) is 24.5. The highest BCUT2D eigenvalue weighted by Gasteiger charge is 2.36. The molecule has 1 unspecified atom stereocenters. The lowest BCUT2D eigenvalue weighted by atomic mass is 10.1. The second-order valence-corrected chi connectivity index (χ2v) is 8.02. The monoisotopic (exact) mass is 472 g/mol. The Morgan fingerprint density at radius 1 is 0.943 bits per heavy atom. The van der Waals surface area contributed by atoms with Crippen LogP contribution in [0.1, 0.15) is 49.6 Å². The number of carbonyl (C=O) groups is 4. The van der Waals surface area contributed by atoms with Crippen LogP contribution in [0.5, 0.6) is 11.5 Å². The van der Waals surface area contributed by atoms with Gasteiger partial charge in [0.15, 0.2) is 18.1 Å². The van der Waals surface area contributed by atoms with E-state index in [2.05, 4.69) is 5.32 Å². The molecule has 1 atom stereocenters. The van der Waals surface area contributed by atoms with E-state index < -0.39 is 30.3 Å². The van der Waals surface area contributed by atoms with Crippen molar-refractivity contribution in [3.05, 3.63) is 89.0 Å². The Labute approximate surface area is 200 Å². The van der Waals surface area contributed by atoms with Crippen LogP contribution in [0.2, 0.25) is 0 Å². The van der Waals surface area contributed by atoms with Crippen molar-refractivity contribution in [1.29, 1.82) is 0 Å². The molecule has 0 aromatic heterocycles. The third-order valence-electron chi connectivity index (χ3n) is 5.76. The van der Waals surface area contributed by atoms with Crippen LogP contribution in [0.15, 0.2) is 66.7 Å². The van der Waals surface area contributed by atoms with Gasteiger partial charge < -0.3 is 19.5 Å². The average Bonchev–Trinajstić information content (AvgIpc) is 3.45. The molecule has 35 heavy (non-hydrogen) atoms. The molecule has 2 heterocycles. The first-order chi connectivity index (χ1) is 16.9. The molecule has 3 aromatic rings. The van der Waals surface area contributed by atoms with Gasteiger partial charge in [0, 0.05) is 0 Å². The van der Waals surface area contributed by atoms with E-state index in [0.29, 0.717) is 28.3 Å². The number of hydrogen-bond donors (Lipinski definition) is 1. The number of anilines is 1. The molecule has 0 spiro atoms. The van der Waals surface area contributed by atoms with Crippen molar-refractivity contribution in [1.82, 2.24) is 5.32 Å². The normalized spacial score (nSPS) is 14.5.